The molecule has 0 saturated carbocycles. The molecular weight excluding hydrogens is 220 g/mol. The fourth-order valence-electron chi connectivity index (χ4n) is 1.29. The number of benzene rings is 1. The minimum Gasteiger partial charge on any atom is -0.392 e. The topological polar surface area (TPSA) is 46.0 Å². The van der Waals surface area contributed by atoms with E-state index in [1.54, 1.807) is 24.9 Å². The average Bonchev–Trinajstić information content (AvgIpc) is 2.28. The Hall–Kier alpha value is -1.13. The molecule has 0 aliphatic carbocycles. The lowest BCUT2D eigenvalue weighted by Gasteiger charge is -2.13. The van der Waals surface area contributed by atoms with E-state index in [1.165, 1.54) is 0 Å². The Morgan fingerprint density at radius 1 is 1.19 bits per heavy atom. The van der Waals surface area contributed by atoms with Crippen molar-refractivity contribution in [2.24, 2.45) is 0 Å². The van der Waals surface area contributed by atoms with Crippen molar-refractivity contribution in [3.8, 4) is 0 Å². The molecule has 0 aliphatic heterocycles. The summed E-state index contributed by atoms with van der Waals surface area (Å²) in [6, 6.07) is 7.78. The van der Waals surface area contributed by atoms with Crippen LogP contribution in [0.4, 0.5) is 0 Å². The maximum atomic E-state index is 9.43. The van der Waals surface area contributed by atoms with Crippen LogP contribution in [0.3, 0.4) is 0 Å². The van der Waals surface area contributed by atoms with Crippen molar-refractivity contribution >= 4 is 22.8 Å². The molecule has 1 aromatic carbocycles. The van der Waals surface area contributed by atoms with Gasteiger partial charge in [-0.1, -0.05) is 30.8 Å². The van der Waals surface area contributed by atoms with Gasteiger partial charge in [0.05, 0.1) is 23.3 Å². The number of hydrogen-bond acceptors (Lipinski definition) is 4. The minimum atomic E-state index is -0.349. The summed E-state index contributed by atoms with van der Waals surface area (Å²) in [6.45, 7) is 3.76. The molecule has 2 unspecified atom stereocenters. The lowest BCUT2D eigenvalue weighted by atomic mass is 10.3. The zero-order valence-electron chi connectivity index (χ0n) is 9.29. The second-order valence-corrected chi connectivity index (χ2v) is 5.16. The molecule has 2 rings (SSSR count). The highest BCUT2D eigenvalue weighted by atomic mass is 32.2. The van der Waals surface area contributed by atoms with Gasteiger partial charge < -0.3 is 5.11 Å². The molecule has 3 nitrogen and oxygen atoms in total. The summed E-state index contributed by atoms with van der Waals surface area (Å²) in [5.74, 6) is 0. The Morgan fingerprint density at radius 2 is 1.88 bits per heavy atom. The second kappa shape index (κ2) is 4.80. The van der Waals surface area contributed by atoms with Gasteiger partial charge in [0.25, 0.3) is 0 Å². The van der Waals surface area contributed by atoms with Gasteiger partial charge in [-0.05, 0) is 19.1 Å². The van der Waals surface area contributed by atoms with Crippen molar-refractivity contribution in [2.45, 2.75) is 30.2 Å². The van der Waals surface area contributed by atoms with Gasteiger partial charge in [-0.25, -0.2) is 4.98 Å². The molecule has 0 fully saturated rings. The van der Waals surface area contributed by atoms with Crippen molar-refractivity contribution in [1.29, 1.82) is 0 Å². The molecular formula is C12H14N2OS. The summed E-state index contributed by atoms with van der Waals surface area (Å²) in [4.78, 5) is 8.82. The maximum Gasteiger partial charge on any atom is 0.115 e. The molecule has 0 spiro atoms. The zero-order valence-corrected chi connectivity index (χ0v) is 10.1. The Balaban J connectivity index is 2.26. The minimum absolute atomic E-state index is 0.121. The van der Waals surface area contributed by atoms with E-state index in [0.29, 0.717) is 0 Å². The van der Waals surface area contributed by atoms with Gasteiger partial charge in [0.1, 0.15) is 5.03 Å². The zero-order chi connectivity index (χ0) is 11.5. The third kappa shape index (κ3) is 2.51. The first kappa shape index (κ1) is 11.4. The van der Waals surface area contributed by atoms with Crippen LogP contribution in [0.2, 0.25) is 0 Å². The van der Waals surface area contributed by atoms with Gasteiger partial charge >= 0.3 is 0 Å². The lowest BCUT2D eigenvalue weighted by Crippen LogP contribution is -2.15. The number of fused-ring (bicyclic) bond motifs is 1. The molecule has 84 valence electrons. The summed E-state index contributed by atoms with van der Waals surface area (Å²) in [6.07, 6.45) is 1.41. The summed E-state index contributed by atoms with van der Waals surface area (Å²) >= 11 is 1.54. The molecule has 2 aromatic rings. The molecule has 16 heavy (non-hydrogen) atoms. The molecule has 0 saturated heterocycles. The van der Waals surface area contributed by atoms with E-state index >= 15 is 0 Å². The van der Waals surface area contributed by atoms with Crippen LogP contribution < -0.4 is 0 Å². The van der Waals surface area contributed by atoms with E-state index < -0.39 is 0 Å². The number of aliphatic hydroxyl groups excluding tert-OH is 1. The third-order valence-electron chi connectivity index (χ3n) is 2.41. The number of para-hydroxylation sites is 2. The summed E-state index contributed by atoms with van der Waals surface area (Å²) in [5, 5.41) is 10.4. The predicted octanol–water partition coefficient (Wildman–Crippen LogP) is 2.49. The van der Waals surface area contributed by atoms with E-state index in [9.17, 15) is 5.11 Å². The average molecular weight is 234 g/mol. The molecule has 4 heteroatoms. The van der Waals surface area contributed by atoms with Gasteiger partial charge in [0.15, 0.2) is 0 Å². The van der Waals surface area contributed by atoms with Crippen LogP contribution >= 0.6 is 11.8 Å². The fraction of sp³-hybridized carbons (Fsp3) is 0.333. The second-order valence-electron chi connectivity index (χ2n) is 3.76. The van der Waals surface area contributed by atoms with Crippen molar-refractivity contribution in [3.05, 3.63) is 30.5 Å². The van der Waals surface area contributed by atoms with Gasteiger partial charge in [-0.2, -0.15) is 0 Å². The van der Waals surface area contributed by atoms with Crippen molar-refractivity contribution in [3.63, 3.8) is 0 Å². The van der Waals surface area contributed by atoms with Crippen LogP contribution in [-0.2, 0) is 0 Å². The van der Waals surface area contributed by atoms with E-state index in [4.69, 9.17) is 0 Å². The van der Waals surface area contributed by atoms with Crippen LogP contribution in [0.25, 0.3) is 11.0 Å². The monoisotopic (exact) mass is 234 g/mol. The van der Waals surface area contributed by atoms with Gasteiger partial charge in [-0.3, -0.25) is 4.98 Å². The van der Waals surface area contributed by atoms with E-state index in [2.05, 4.69) is 9.97 Å². The SMILES string of the molecule is CC(O)C(C)Sc1cnc2ccccc2n1. The van der Waals surface area contributed by atoms with Crippen molar-refractivity contribution in [1.82, 2.24) is 9.97 Å². The van der Waals surface area contributed by atoms with Gasteiger partial charge in [-0.15, -0.1) is 0 Å². The number of nitrogens with zero attached hydrogens (tertiary/aromatic N) is 2. The van der Waals surface area contributed by atoms with Gasteiger partial charge in [0.2, 0.25) is 0 Å². The Labute approximate surface area is 98.9 Å². The predicted molar refractivity (Wildman–Crippen MR) is 66.5 cm³/mol. The first-order valence-electron chi connectivity index (χ1n) is 5.23. The van der Waals surface area contributed by atoms with E-state index in [-0.39, 0.29) is 11.4 Å². The number of aromatic nitrogens is 2. The molecule has 1 N–H and O–H groups in total. The van der Waals surface area contributed by atoms with Crippen LogP contribution in [-0.4, -0.2) is 26.4 Å². The smallest absolute Gasteiger partial charge is 0.115 e. The Morgan fingerprint density at radius 3 is 2.56 bits per heavy atom. The summed E-state index contributed by atoms with van der Waals surface area (Å²) in [5.41, 5.74) is 1.79. The van der Waals surface area contributed by atoms with Crippen LogP contribution in [0.1, 0.15) is 13.8 Å². The number of aliphatic hydroxyl groups is 1. The van der Waals surface area contributed by atoms with E-state index in [0.717, 1.165) is 16.1 Å². The molecule has 2 atom stereocenters. The maximum absolute atomic E-state index is 9.43. The highest BCUT2D eigenvalue weighted by molar-refractivity contribution is 7.99. The molecule has 0 amide bonds. The number of rotatable bonds is 3. The Kier molecular flexibility index (Phi) is 3.41. The molecule has 1 aromatic heterocycles. The van der Waals surface area contributed by atoms with Crippen LogP contribution in [0.15, 0.2) is 35.5 Å². The first-order valence-corrected chi connectivity index (χ1v) is 6.11. The summed E-state index contributed by atoms with van der Waals surface area (Å²) < 4.78 is 0. The Bertz CT molecular complexity index is 487. The number of thioether (sulfide) groups is 1. The molecule has 0 aliphatic rings. The highest BCUT2D eigenvalue weighted by Gasteiger charge is 2.11. The molecule has 0 radical (unpaired) electrons. The summed E-state index contributed by atoms with van der Waals surface area (Å²) in [7, 11) is 0. The van der Waals surface area contributed by atoms with Crippen molar-refractivity contribution < 1.29 is 5.11 Å². The van der Waals surface area contributed by atoms with E-state index in [1.807, 2.05) is 31.2 Å². The molecule has 1 heterocycles. The molecule has 0 bridgehead atoms. The highest BCUT2D eigenvalue weighted by Crippen LogP contribution is 2.24. The fourth-order valence-corrected chi connectivity index (χ4v) is 2.13. The van der Waals surface area contributed by atoms with Crippen LogP contribution in [0, 0.1) is 0 Å². The van der Waals surface area contributed by atoms with Crippen LogP contribution in [0.5, 0.6) is 0 Å². The van der Waals surface area contributed by atoms with Gasteiger partial charge in [0, 0.05) is 5.25 Å². The normalized spacial score (nSPS) is 14.9. The lowest BCUT2D eigenvalue weighted by molar-refractivity contribution is 0.196. The quantitative estimate of drug-likeness (QED) is 0.829. The number of hydrogen-bond donors (Lipinski definition) is 1. The van der Waals surface area contributed by atoms with Crippen molar-refractivity contribution in [2.75, 3.05) is 0 Å². The third-order valence-corrected chi connectivity index (χ3v) is 3.62. The largest absolute Gasteiger partial charge is 0.392 e. The first-order chi connectivity index (χ1) is 7.66. The standard InChI is InChI=1S/C12H14N2OS/c1-8(15)9(2)16-12-7-13-10-5-3-4-6-11(10)14-12/h3-9,15H,1-2H3.